The first-order chi connectivity index (χ1) is 9.47. The molecule has 5 heteroatoms. The smallest absolute Gasteiger partial charge is 0.308 e. The lowest BCUT2D eigenvalue weighted by Crippen LogP contribution is -2.35. The zero-order valence-electron chi connectivity index (χ0n) is 11.2. The number of rotatable bonds is 3. The summed E-state index contributed by atoms with van der Waals surface area (Å²) in [6.45, 7) is 0.562. The molecule has 0 aliphatic heterocycles. The van der Waals surface area contributed by atoms with E-state index < -0.39 is 11.7 Å². The van der Waals surface area contributed by atoms with Gasteiger partial charge in [0.25, 0.3) is 0 Å². The van der Waals surface area contributed by atoms with E-state index in [2.05, 4.69) is 5.32 Å². The molecule has 2 atom stereocenters. The molecule has 1 nitrogen and oxygen atoms in total. The second kappa shape index (κ2) is 6.81. The topological polar surface area (TPSA) is 12.0 Å². The van der Waals surface area contributed by atoms with Crippen LogP contribution in [0.25, 0.3) is 0 Å². The van der Waals surface area contributed by atoms with E-state index in [0.717, 1.165) is 43.4 Å². The highest BCUT2D eigenvalue weighted by Crippen LogP contribution is 2.29. The molecule has 2 unspecified atom stereocenters. The molecule has 1 N–H and O–H groups in total. The summed E-state index contributed by atoms with van der Waals surface area (Å²) in [4.78, 5) is 0. The number of halogens is 4. The standard InChI is InChI=1S/C15H19ClF3N/c16-13-4-2-1-3-5-14(13)20-10-11-6-8-12(9-7-11)15(17,18)19/h6-9,13-14,20H,1-5,10H2. The van der Waals surface area contributed by atoms with Crippen molar-refractivity contribution in [1.82, 2.24) is 5.32 Å². The molecule has 20 heavy (non-hydrogen) atoms. The first kappa shape index (κ1) is 15.6. The Morgan fingerprint density at radius 2 is 1.70 bits per heavy atom. The van der Waals surface area contributed by atoms with E-state index in [4.69, 9.17) is 11.6 Å². The highest BCUT2D eigenvalue weighted by molar-refractivity contribution is 6.21. The first-order valence-corrected chi connectivity index (χ1v) is 7.44. The molecule has 1 saturated carbocycles. The zero-order valence-corrected chi connectivity index (χ0v) is 12.0. The van der Waals surface area contributed by atoms with Gasteiger partial charge in [-0.2, -0.15) is 13.2 Å². The third kappa shape index (κ3) is 4.38. The van der Waals surface area contributed by atoms with Gasteiger partial charge in [-0.25, -0.2) is 0 Å². The minimum Gasteiger partial charge on any atom is -0.308 e. The van der Waals surface area contributed by atoms with E-state index in [1.807, 2.05) is 0 Å². The fourth-order valence-electron chi connectivity index (χ4n) is 2.55. The van der Waals surface area contributed by atoms with E-state index in [0.29, 0.717) is 6.54 Å². The van der Waals surface area contributed by atoms with Crippen LogP contribution in [-0.2, 0) is 12.7 Å². The summed E-state index contributed by atoms with van der Waals surface area (Å²) in [5.74, 6) is 0. The largest absolute Gasteiger partial charge is 0.416 e. The third-order valence-electron chi connectivity index (χ3n) is 3.78. The summed E-state index contributed by atoms with van der Waals surface area (Å²) >= 11 is 6.33. The van der Waals surface area contributed by atoms with Crippen molar-refractivity contribution in [2.45, 2.75) is 56.2 Å². The Morgan fingerprint density at radius 3 is 2.35 bits per heavy atom. The lowest BCUT2D eigenvalue weighted by molar-refractivity contribution is -0.137. The van der Waals surface area contributed by atoms with Gasteiger partial charge < -0.3 is 5.32 Å². The van der Waals surface area contributed by atoms with Crippen molar-refractivity contribution in [1.29, 1.82) is 0 Å². The monoisotopic (exact) mass is 305 g/mol. The molecule has 1 aliphatic rings. The van der Waals surface area contributed by atoms with E-state index >= 15 is 0 Å². The van der Waals surface area contributed by atoms with E-state index in [1.165, 1.54) is 18.6 Å². The van der Waals surface area contributed by atoms with Crippen molar-refractivity contribution in [2.24, 2.45) is 0 Å². The van der Waals surface area contributed by atoms with Crippen molar-refractivity contribution in [3.8, 4) is 0 Å². The Hall–Kier alpha value is -0.740. The van der Waals surface area contributed by atoms with Gasteiger partial charge in [0.05, 0.1) is 5.56 Å². The molecule has 0 saturated heterocycles. The van der Waals surface area contributed by atoms with E-state index in [-0.39, 0.29) is 11.4 Å². The Bertz CT molecular complexity index is 416. The van der Waals surface area contributed by atoms with Gasteiger partial charge >= 0.3 is 6.18 Å². The average Bonchev–Trinajstić information content (AvgIpc) is 2.61. The molecule has 0 bridgehead atoms. The van der Waals surface area contributed by atoms with Gasteiger partial charge in [0.15, 0.2) is 0 Å². The summed E-state index contributed by atoms with van der Waals surface area (Å²) in [5, 5.41) is 3.49. The first-order valence-electron chi connectivity index (χ1n) is 7.00. The number of hydrogen-bond donors (Lipinski definition) is 1. The zero-order chi connectivity index (χ0) is 14.6. The van der Waals surface area contributed by atoms with Gasteiger partial charge in [-0.3, -0.25) is 0 Å². The molecular weight excluding hydrogens is 287 g/mol. The number of nitrogens with one attached hydrogen (secondary N) is 1. The minimum atomic E-state index is -4.27. The number of hydrogen-bond acceptors (Lipinski definition) is 1. The van der Waals surface area contributed by atoms with Crippen molar-refractivity contribution in [2.75, 3.05) is 0 Å². The molecule has 112 valence electrons. The van der Waals surface area contributed by atoms with Crippen LogP contribution in [0.3, 0.4) is 0 Å². The maximum atomic E-state index is 12.5. The molecule has 0 heterocycles. The Balaban J connectivity index is 1.90. The molecule has 2 rings (SSSR count). The fourth-order valence-corrected chi connectivity index (χ4v) is 2.92. The van der Waals surface area contributed by atoms with Crippen molar-refractivity contribution >= 4 is 11.6 Å². The van der Waals surface area contributed by atoms with Crippen LogP contribution in [0.1, 0.15) is 43.2 Å². The van der Waals surface area contributed by atoms with Gasteiger partial charge in [-0.15, -0.1) is 11.6 Å². The van der Waals surface area contributed by atoms with Crippen LogP contribution in [0.5, 0.6) is 0 Å². The minimum absolute atomic E-state index is 0.118. The predicted molar refractivity (Wildman–Crippen MR) is 74.8 cm³/mol. The molecule has 0 amide bonds. The Morgan fingerprint density at radius 1 is 1.05 bits per heavy atom. The van der Waals surface area contributed by atoms with Crippen LogP contribution in [-0.4, -0.2) is 11.4 Å². The molecular formula is C15H19ClF3N. The quantitative estimate of drug-likeness (QED) is 0.628. The van der Waals surface area contributed by atoms with Gasteiger partial charge in [-0.05, 0) is 30.5 Å². The third-order valence-corrected chi connectivity index (χ3v) is 4.30. The summed E-state index contributed by atoms with van der Waals surface area (Å²) in [6.07, 6.45) is 1.30. The second-order valence-corrected chi connectivity index (χ2v) is 5.90. The van der Waals surface area contributed by atoms with Crippen molar-refractivity contribution in [3.63, 3.8) is 0 Å². The Labute approximate surface area is 122 Å². The number of benzene rings is 1. The molecule has 0 aromatic heterocycles. The molecule has 1 fully saturated rings. The molecule has 1 aromatic carbocycles. The van der Waals surface area contributed by atoms with Gasteiger partial charge in [0, 0.05) is 18.0 Å². The van der Waals surface area contributed by atoms with Crippen LogP contribution >= 0.6 is 11.6 Å². The molecule has 0 spiro atoms. The van der Waals surface area contributed by atoms with E-state index in [9.17, 15) is 13.2 Å². The van der Waals surface area contributed by atoms with Crippen LogP contribution in [0.2, 0.25) is 0 Å². The van der Waals surface area contributed by atoms with Crippen molar-refractivity contribution in [3.05, 3.63) is 35.4 Å². The van der Waals surface area contributed by atoms with E-state index in [1.54, 1.807) is 0 Å². The lowest BCUT2D eigenvalue weighted by Gasteiger charge is -2.21. The summed E-state index contributed by atoms with van der Waals surface area (Å²) < 4.78 is 37.4. The summed E-state index contributed by atoms with van der Waals surface area (Å²) in [5.41, 5.74) is 0.247. The summed E-state index contributed by atoms with van der Waals surface area (Å²) in [7, 11) is 0. The molecule has 1 aliphatic carbocycles. The van der Waals surface area contributed by atoms with Gasteiger partial charge in [-0.1, -0.05) is 31.4 Å². The predicted octanol–water partition coefficient (Wildman–Crippen LogP) is 4.74. The average molecular weight is 306 g/mol. The van der Waals surface area contributed by atoms with Crippen LogP contribution in [0, 0.1) is 0 Å². The van der Waals surface area contributed by atoms with Crippen molar-refractivity contribution < 1.29 is 13.2 Å². The fraction of sp³-hybridized carbons (Fsp3) is 0.600. The Kier molecular flexibility index (Phi) is 5.33. The van der Waals surface area contributed by atoms with Gasteiger partial charge in [0.1, 0.15) is 0 Å². The maximum Gasteiger partial charge on any atom is 0.416 e. The van der Waals surface area contributed by atoms with Crippen LogP contribution in [0.15, 0.2) is 24.3 Å². The van der Waals surface area contributed by atoms with Crippen LogP contribution < -0.4 is 5.32 Å². The highest BCUT2D eigenvalue weighted by Gasteiger charge is 2.30. The number of alkyl halides is 4. The SMILES string of the molecule is FC(F)(F)c1ccc(CNC2CCCCCC2Cl)cc1. The summed E-state index contributed by atoms with van der Waals surface area (Å²) in [6, 6.07) is 5.55. The normalized spacial score (nSPS) is 24.4. The molecule has 0 radical (unpaired) electrons. The highest BCUT2D eigenvalue weighted by atomic mass is 35.5. The molecule has 1 aromatic rings. The van der Waals surface area contributed by atoms with Crippen LogP contribution in [0.4, 0.5) is 13.2 Å². The maximum absolute atomic E-state index is 12.5. The second-order valence-electron chi connectivity index (χ2n) is 5.34. The lowest BCUT2D eigenvalue weighted by atomic mass is 10.1. The van der Waals surface area contributed by atoms with Gasteiger partial charge in [0.2, 0.25) is 0 Å².